The van der Waals surface area contributed by atoms with Gasteiger partial charge in [0.2, 0.25) is 6.41 Å². The van der Waals surface area contributed by atoms with Crippen LogP contribution in [-0.2, 0) is 16.8 Å². The van der Waals surface area contributed by atoms with Crippen molar-refractivity contribution < 1.29 is 14.6 Å². The van der Waals surface area contributed by atoms with Crippen molar-refractivity contribution in [2.75, 3.05) is 26.8 Å². The molecule has 2 aliphatic heterocycles. The van der Waals surface area contributed by atoms with Crippen LogP contribution in [0.25, 0.3) is 10.9 Å². The van der Waals surface area contributed by atoms with Gasteiger partial charge in [0.25, 0.3) is 0 Å². The zero-order valence-electron chi connectivity index (χ0n) is 21.0. The van der Waals surface area contributed by atoms with Gasteiger partial charge in [0, 0.05) is 52.2 Å². The zero-order valence-corrected chi connectivity index (χ0v) is 21.8. The lowest BCUT2D eigenvalue weighted by Crippen LogP contribution is -2.58. The highest BCUT2D eigenvalue weighted by atomic mass is 32.1. The van der Waals surface area contributed by atoms with Gasteiger partial charge in [0.1, 0.15) is 10.8 Å². The van der Waals surface area contributed by atoms with Crippen molar-refractivity contribution in [3.63, 3.8) is 0 Å². The van der Waals surface area contributed by atoms with E-state index >= 15 is 0 Å². The van der Waals surface area contributed by atoms with Crippen molar-refractivity contribution in [1.82, 2.24) is 19.8 Å². The van der Waals surface area contributed by atoms with Gasteiger partial charge < -0.3 is 19.7 Å². The summed E-state index contributed by atoms with van der Waals surface area (Å²) in [4.78, 5) is 25.0. The fraction of sp³-hybridized carbons (Fsp3) is 0.571. The van der Waals surface area contributed by atoms with Crippen LogP contribution in [0.5, 0.6) is 5.75 Å². The fourth-order valence-electron chi connectivity index (χ4n) is 7.37. The van der Waals surface area contributed by atoms with Gasteiger partial charge in [-0.15, -0.1) is 11.3 Å². The Balaban J connectivity index is 1.44. The minimum Gasteiger partial charge on any atom is -0.497 e. The predicted molar refractivity (Wildman–Crippen MR) is 141 cm³/mol. The number of hydrogen-bond acceptors (Lipinski definition) is 6. The summed E-state index contributed by atoms with van der Waals surface area (Å²) in [6, 6.07) is 6.34. The Labute approximate surface area is 216 Å². The Kier molecular flexibility index (Phi) is 6.52. The van der Waals surface area contributed by atoms with Crippen molar-refractivity contribution in [3.8, 4) is 5.75 Å². The first kappa shape index (κ1) is 23.9. The molecule has 2 aromatic heterocycles. The highest BCUT2D eigenvalue weighted by molar-refractivity contribution is 7.09. The summed E-state index contributed by atoms with van der Waals surface area (Å²) in [5, 5.41) is 14.8. The Bertz CT molecular complexity index is 1210. The number of nitrogens with zero attached hydrogens (tertiary/aromatic N) is 3. The van der Waals surface area contributed by atoms with Crippen LogP contribution >= 0.6 is 11.3 Å². The number of aromatic nitrogens is 2. The molecule has 1 aliphatic carbocycles. The summed E-state index contributed by atoms with van der Waals surface area (Å²) in [7, 11) is 1.68. The van der Waals surface area contributed by atoms with Crippen LogP contribution in [0, 0.1) is 5.92 Å². The maximum atomic E-state index is 12.3. The van der Waals surface area contributed by atoms with Crippen molar-refractivity contribution >= 4 is 28.6 Å². The molecule has 7 nitrogen and oxygen atoms in total. The number of hydrogen-bond donors (Lipinski definition) is 2. The van der Waals surface area contributed by atoms with Crippen LogP contribution in [-0.4, -0.2) is 64.1 Å². The fourth-order valence-corrected chi connectivity index (χ4v) is 8.01. The SMILES string of the molecule is COc1ccc2c3c([nH]c2c1)[C@H](CO)N(C=O)CC31CCN(Cc2nccs2)C(C2CCCCC2)C1. The van der Waals surface area contributed by atoms with Crippen LogP contribution in [0.2, 0.25) is 0 Å². The van der Waals surface area contributed by atoms with Crippen LogP contribution in [0.3, 0.4) is 0 Å². The van der Waals surface area contributed by atoms with E-state index in [-0.39, 0.29) is 18.1 Å². The number of H-pyrrole nitrogens is 1. The molecule has 1 spiro atoms. The monoisotopic (exact) mass is 508 g/mol. The van der Waals surface area contributed by atoms with E-state index < -0.39 is 0 Å². The third-order valence-electron chi connectivity index (χ3n) is 9.05. The van der Waals surface area contributed by atoms with E-state index in [4.69, 9.17) is 4.74 Å². The van der Waals surface area contributed by atoms with Crippen molar-refractivity contribution in [2.24, 2.45) is 5.92 Å². The number of aromatic amines is 1. The zero-order chi connectivity index (χ0) is 24.7. The molecule has 0 radical (unpaired) electrons. The second-order valence-electron chi connectivity index (χ2n) is 10.9. The largest absolute Gasteiger partial charge is 0.497 e. The maximum absolute atomic E-state index is 12.3. The van der Waals surface area contributed by atoms with E-state index in [9.17, 15) is 9.90 Å². The molecule has 6 rings (SSSR count). The second kappa shape index (κ2) is 9.80. The number of aliphatic hydroxyl groups excluding tert-OH is 1. The lowest BCUT2D eigenvalue weighted by atomic mass is 9.63. The number of amides is 1. The molecule has 1 aromatic carbocycles. The Hall–Kier alpha value is -2.42. The van der Waals surface area contributed by atoms with Gasteiger partial charge in [-0.05, 0) is 55.8 Å². The third kappa shape index (κ3) is 4.03. The molecule has 1 amide bonds. The summed E-state index contributed by atoms with van der Waals surface area (Å²) >= 11 is 1.74. The highest BCUT2D eigenvalue weighted by Crippen LogP contribution is 2.51. The number of carbonyl (C=O) groups is 1. The standard InChI is InChI=1S/C28H36N4O3S/c1-35-20-7-8-21-22(13-20)30-27-24(16-33)32(18-34)17-28(26(21)27)9-11-31(15-25-29-10-12-36-25)23(14-28)19-5-3-2-4-6-19/h7-8,10,12-13,18-19,23-24,30,33H,2-6,9,11,14-17H2,1H3/t23?,24-,28?/m0/s1. The molecule has 192 valence electrons. The van der Waals surface area contributed by atoms with Crippen LogP contribution in [0.4, 0.5) is 0 Å². The minimum absolute atomic E-state index is 0.0893. The number of nitrogens with one attached hydrogen (secondary N) is 1. The molecule has 3 aromatic rings. The molecule has 3 atom stereocenters. The number of aliphatic hydroxyl groups is 1. The van der Waals surface area contributed by atoms with E-state index in [0.29, 0.717) is 18.5 Å². The van der Waals surface area contributed by atoms with Gasteiger partial charge >= 0.3 is 0 Å². The van der Waals surface area contributed by atoms with Gasteiger partial charge in [0.15, 0.2) is 0 Å². The number of piperidine rings is 1. The van der Waals surface area contributed by atoms with E-state index in [2.05, 4.69) is 26.3 Å². The van der Waals surface area contributed by atoms with E-state index in [0.717, 1.165) is 49.3 Å². The molecule has 4 heterocycles. The number of rotatable bonds is 6. The molecule has 1 saturated heterocycles. The first-order chi connectivity index (χ1) is 17.7. The number of likely N-dealkylation sites (tertiary alicyclic amines) is 1. The van der Waals surface area contributed by atoms with Gasteiger partial charge in [-0.1, -0.05) is 19.3 Å². The number of carbonyl (C=O) groups excluding carboxylic acids is 1. The molecular formula is C28H36N4O3S. The average Bonchev–Trinajstić information content (AvgIpc) is 3.58. The molecule has 2 N–H and O–H groups in total. The Morgan fingerprint density at radius 1 is 1.31 bits per heavy atom. The van der Waals surface area contributed by atoms with E-state index in [1.165, 1.54) is 48.1 Å². The lowest BCUT2D eigenvalue weighted by molar-refractivity contribution is -0.124. The van der Waals surface area contributed by atoms with E-state index in [1.54, 1.807) is 18.4 Å². The quantitative estimate of drug-likeness (QED) is 0.475. The second-order valence-corrected chi connectivity index (χ2v) is 11.9. The number of ether oxygens (including phenoxy) is 1. The lowest BCUT2D eigenvalue weighted by Gasteiger charge is -2.54. The molecule has 1 saturated carbocycles. The van der Waals surface area contributed by atoms with Crippen molar-refractivity contribution in [1.29, 1.82) is 0 Å². The average molecular weight is 509 g/mol. The molecule has 2 fully saturated rings. The van der Waals surface area contributed by atoms with Gasteiger partial charge in [-0.2, -0.15) is 0 Å². The molecular weight excluding hydrogens is 472 g/mol. The smallest absolute Gasteiger partial charge is 0.210 e. The first-order valence-corrected chi connectivity index (χ1v) is 14.2. The maximum Gasteiger partial charge on any atom is 0.210 e. The first-order valence-electron chi connectivity index (χ1n) is 13.3. The number of methoxy groups -OCH3 is 1. The van der Waals surface area contributed by atoms with Crippen molar-refractivity contribution in [3.05, 3.63) is 46.0 Å². The molecule has 3 aliphatic rings. The summed E-state index contributed by atoms with van der Waals surface area (Å²) in [5.74, 6) is 1.48. The van der Waals surface area contributed by atoms with Gasteiger partial charge in [-0.3, -0.25) is 9.69 Å². The van der Waals surface area contributed by atoms with E-state index in [1.807, 2.05) is 23.2 Å². The molecule has 0 bridgehead atoms. The highest BCUT2D eigenvalue weighted by Gasteiger charge is 2.50. The van der Waals surface area contributed by atoms with Crippen LogP contribution in [0.15, 0.2) is 29.8 Å². The molecule has 8 heteroatoms. The Morgan fingerprint density at radius 2 is 2.17 bits per heavy atom. The van der Waals surface area contributed by atoms with Gasteiger partial charge in [-0.25, -0.2) is 4.98 Å². The normalized spacial score (nSPS) is 27.4. The van der Waals surface area contributed by atoms with Gasteiger partial charge in [0.05, 0.1) is 26.3 Å². The summed E-state index contributed by atoms with van der Waals surface area (Å²) in [6.07, 6.45) is 11.4. The van der Waals surface area contributed by atoms with Crippen molar-refractivity contribution in [2.45, 2.75) is 69.0 Å². The summed E-state index contributed by atoms with van der Waals surface area (Å²) in [5.41, 5.74) is 3.18. The minimum atomic E-state index is -0.344. The predicted octanol–water partition coefficient (Wildman–Crippen LogP) is 4.62. The molecule has 2 unspecified atom stereocenters. The summed E-state index contributed by atoms with van der Waals surface area (Å²) in [6.45, 7) is 2.46. The summed E-state index contributed by atoms with van der Waals surface area (Å²) < 4.78 is 5.50. The van der Waals surface area contributed by atoms with Crippen LogP contribution < -0.4 is 4.74 Å². The van der Waals surface area contributed by atoms with Crippen LogP contribution in [0.1, 0.15) is 67.3 Å². The Morgan fingerprint density at radius 3 is 2.89 bits per heavy atom. The number of thiazole rings is 1. The topological polar surface area (TPSA) is 81.7 Å². The number of benzene rings is 1. The third-order valence-corrected chi connectivity index (χ3v) is 9.82. The molecule has 36 heavy (non-hydrogen) atoms. The number of fused-ring (bicyclic) bond motifs is 4.